The van der Waals surface area contributed by atoms with Crippen molar-refractivity contribution in [1.29, 1.82) is 0 Å². The standard InChI is InChI=1S/C26H20ClN3O6/c1-35-21-10-8-16(27)13-19(21)28-25(32)18-11-14-5-3-4-6-17(14)23(24(18)31)30-29-20-12-15(26(33)34)7-9-22(20)36-2/h3-13,29H,1-2H3,(H,28,32)(H,33,34)/b30-23+. The van der Waals surface area contributed by atoms with Crippen molar-refractivity contribution in [1.82, 2.24) is 0 Å². The largest absolute Gasteiger partial charge is 0.495 e. The van der Waals surface area contributed by atoms with Crippen molar-refractivity contribution in [3.8, 4) is 11.5 Å². The number of ketones is 1. The highest BCUT2D eigenvalue weighted by molar-refractivity contribution is 6.59. The molecule has 0 heterocycles. The highest BCUT2D eigenvalue weighted by Crippen LogP contribution is 2.30. The highest BCUT2D eigenvalue weighted by Gasteiger charge is 2.30. The predicted molar refractivity (Wildman–Crippen MR) is 136 cm³/mol. The molecule has 36 heavy (non-hydrogen) atoms. The molecule has 3 N–H and O–H groups in total. The van der Waals surface area contributed by atoms with Gasteiger partial charge in [0, 0.05) is 10.6 Å². The van der Waals surface area contributed by atoms with Crippen LogP contribution in [0.4, 0.5) is 11.4 Å². The first-order valence-corrected chi connectivity index (χ1v) is 11.0. The summed E-state index contributed by atoms with van der Waals surface area (Å²) < 4.78 is 10.5. The molecule has 3 aromatic carbocycles. The van der Waals surface area contributed by atoms with Crippen LogP contribution in [0, 0.1) is 0 Å². The maximum Gasteiger partial charge on any atom is 0.335 e. The smallest absolute Gasteiger partial charge is 0.335 e. The molecule has 10 heteroatoms. The summed E-state index contributed by atoms with van der Waals surface area (Å²) in [7, 11) is 2.87. The van der Waals surface area contributed by atoms with Crippen LogP contribution in [0.15, 0.2) is 71.3 Å². The lowest BCUT2D eigenvalue weighted by atomic mass is 9.89. The fourth-order valence-corrected chi connectivity index (χ4v) is 3.77. The number of ether oxygens (including phenoxy) is 2. The van der Waals surface area contributed by atoms with Gasteiger partial charge in [-0.15, -0.1) is 0 Å². The number of nitrogens with one attached hydrogen (secondary N) is 2. The summed E-state index contributed by atoms with van der Waals surface area (Å²) in [6, 6.07) is 15.9. The van der Waals surface area contributed by atoms with E-state index in [0.717, 1.165) is 0 Å². The molecular weight excluding hydrogens is 486 g/mol. The van der Waals surface area contributed by atoms with E-state index in [1.807, 2.05) is 0 Å². The summed E-state index contributed by atoms with van der Waals surface area (Å²) in [6.07, 6.45) is 1.48. The van der Waals surface area contributed by atoms with E-state index in [1.54, 1.807) is 36.4 Å². The first-order chi connectivity index (χ1) is 17.3. The Balaban J connectivity index is 1.71. The van der Waals surface area contributed by atoms with E-state index in [2.05, 4.69) is 15.8 Å². The van der Waals surface area contributed by atoms with Crippen LogP contribution < -0.4 is 20.2 Å². The molecule has 9 nitrogen and oxygen atoms in total. The Labute approximate surface area is 211 Å². The average Bonchev–Trinajstić information content (AvgIpc) is 2.87. The van der Waals surface area contributed by atoms with Gasteiger partial charge in [-0.3, -0.25) is 15.0 Å². The molecule has 4 rings (SSSR count). The average molecular weight is 506 g/mol. The molecule has 0 radical (unpaired) electrons. The van der Waals surface area contributed by atoms with Crippen LogP contribution in [0.25, 0.3) is 6.08 Å². The Hall–Kier alpha value is -4.63. The number of nitrogens with zero attached hydrogens (tertiary/aromatic N) is 1. The predicted octanol–water partition coefficient (Wildman–Crippen LogP) is 4.48. The number of amides is 1. The molecule has 3 aromatic rings. The Kier molecular flexibility index (Phi) is 7.03. The van der Waals surface area contributed by atoms with Gasteiger partial charge in [-0.1, -0.05) is 35.9 Å². The zero-order chi connectivity index (χ0) is 25.8. The third kappa shape index (κ3) is 4.91. The van der Waals surface area contributed by atoms with Crippen molar-refractivity contribution in [2.24, 2.45) is 5.10 Å². The van der Waals surface area contributed by atoms with Crippen LogP contribution in [0.5, 0.6) is 11.5 Å². The number of carbonyl (C=O) groups is 3. The van der Waals surface area contributed by atoms with Crippen LogP contribution in [0.3, 0.4) is 0 Å². The Morgan fingerprint density at radius 1 is 0.944 bits per heavy atom. The zero-order valence-corrected chi connectivity index (χ0v) is 19.9. The van der Waals surface area contributed by atoms with E-state index in [9.17, 15) is 19.5 Å². The van der Waals surface area contributed by atoms with Gasteiger partial charge in [0.25, 0.3) is 5.91 Å². The molecular formula is C26H20ClN3O6. The summed E-state index contributed by atoms with van der Waals surface area (Å²) in [5.74, 6) is -1.74. The number of hydrogen-bond acceptors (Lipinski definition) is 7. The van der Waals surface area contributed by atoms with E-state index < -0.39 is 17.7 Å². The van der Waals surface area contributed by atoms with Crippen LogP contribution in [-0.4, -0.2) is 42.7 Å². The molecule has 1 aliphatic rings. The summed E-state index contributed by atoms with van der Waals surface area (Å²) in [5, 5.41) is 16.6. The fourth-order valence-electron chi connectivity index (χ4n) is 3.60. The Bertz CT molecular complexity index is 1450. The maximum atomic E-state index is 13.4. The molecule has 0 fully saturated rings. The number of anilines is 2. The number of halogens is 1. The van der Waals surface area contributed by atoms with Crippen molar-refractivity contribution in [2.75, 3.05) is 25.0 Å². The van der Waals surface area contributed by atoms with Crippen LogP contribution in [-0.2, 0) is 9.59 Å². The van der Waals surface area contributed by atoms with Crippen LogP contribution in [0.2, 0.25) is 5.02 Å². The highest BCUT2D eigenvalue weighted by atomic mass is 35.5. The monoisotopic (exact) mass is 505 g/mol. The Morgan fingerprint density at radius 3 is 2.36 bits per heavy atom. The van der Waals surface area contributed by atoms with Gasteiger partial charge in [-0.05, 0) is 48.0 Å². The molecule has 1 aliphatic carbocycles. The van der Waals surface area contributed by atoms with E-state index >= 15 is 0 Å². The third-order valence-corrected chi connectivity index (χ3v) is 5.60. The zero-order valence-electron chi connectivity index (χ0n) is 19.2. The maximum absolute atomic E-state index is 13.4. The van der Waals surface area contributed by atoms with Gasteiger partial charge >= 0.3 is 5.97 Å². The lowest BCUT2D eigenvalue weighted by molar-refractivity contribution is -0.116. The van der Waals surface area contributed by atoms with Gasteiger partial charge in [0.15, 0.2) is 0 Å². The summed E-state index contributed by atoms with van der Waals surface area (Å²) in [6.45, 7) is 0. The third-order valence-electron chi connectivity index (χ3n) is 5.36. The first-order valence-electron chi connectivity index (χ1n) is 10.6. The van der Waals surface area contributed by atoms with Gasteiger partial charge in [-0.25, -0.2) is 4.79 Å². The number of methoxy groups -OCH3 is 2. The van der Waals surface area contributed by atoms with Crippen LogP contribution >= 0.6 is 11.6 Å². The number of rotatable bonds is 7. The minimum atomic E-state index is -1.13. The van der Waals surface area contributed by atoms with Crippen molar-refractivity contribution in [3.05, 3.63) is 87.9 Å². The number of carboxylic acid groups (broad SMARTS) is 1. The van der Waals surface area contributed by atoms with Crippen molar-refractivity contribution in [3.63, 3.8) is 0 Å². The fraction of sp³-hybridized carbons (Fsp3) is 0.0769. The summed E-state index contributed by atoms with van der Waals surface area (Å²) in [4.78, 5) is 37.9. The second kappa shape index (κ2) is 10.3. The van der Waals surface area contributed by atoms with Gasteiger partial charge in [0.2, 0.25) is 5.78 Å². The molecule has 0 saturated heterocycles. The number of aromatic carboxylic acids is 1. The van der Waals surface area contributed by atoms with E-state index in [0.29, 0.717) is 33.3 Å². The molecule has 0 bridgehead atoms. The SMILES string of the molecule is COc1ccc(C(=O)O)cc1N/N=C1/C(=O)C(C(=O)Nc2cc(Cl)ccc2OC)=Cc2ccccc21. The van der Waals surface area contributed by atoms with E-state index in [-0.39, 0.29) is 22.5 Å². The van der Waals surface area contributed by atoms with Crippen molar-refractivity contribution in [2.45, 2.75) is 0 Å². The number of fused-ring (bicyclic) bond motifs is 1. The lowest BCUT2D eigenvalue weighted by Crippen LogP contribution is -2.30. The first kappa shape index (κ1) is 24.5. The molecule has 0 spiro atoms. The molecule has 182 valence electrons. The van der Waals surface area contributed by atoms with Gasteiger partial charge in [0.05, 0.1) is 36.7 Å². The number of hydrazone groups is 1. The minimum Gasteiger partial charge on any atom is -0.495 e. The number of carboxylic acids is 1. The molecule has 0 unspecified atom stereocenters. The molecule has 0 atom stereocenters. The lowest BCUT2D eigenvalue weighted by Gasteiger charge is -2.18. The molecule has 1 amide bonds. The number of benzene rings is 3. The summed E-state index contributed by atoms with van der Waals surface area (Å²) in [5.41, 5.74) is 4.18. The van der Waals surface area contributed by atoms with Crippen molar-refractivity contribution < 1.29 is 29.0 Å². The quantitative estimate of drug-likeness (QED) is 0.319. The topological polar surface area (TPSA) is 126 Å². The second-order valence-corrected chi connectivity index (χ2v) is 8.00. The number of carbonyl (C=O) groups excluding carboxylic acids is 2. The van der Waals surface area contributed by atoms with Gasteiger partial charge < -0.3 is 19.9 Å². The minimum absolute atomic E-state index is 0.00398. The van der Waals surface area contributed by atoms with Gasteiger partial charge in [-0.2, -0.15) is 5.10 Å². The van der Waals surface area contributed by atoms with E-state index in [1.165, 1.54) is 44.6 Å². The Morgan fingerprint density at radius 2 is 1.64 bits per heavy atom. The number of hydrogen-bond donors (Lipinski definition) is 3. The second-order valence-electron chi connectivity index (χ2n) is 7.57. The van der Waals surface area contributed by atoms with E-state index in [4.69, 9.17) is 21.1 Å². The summed E-state index contributed by atoms with van der Waals surface area (Å²) >= 11 is 6.05. The van der Waals surface area contributed by atoms with Crippen molar-refractivity contribution >= 4 is 52.4 Å². The van der Waals surface area contributed by atoms with Gasteiger partial charge in [0.1, 0.15) is 17.2 Å². The molecule has 0 aliphatic heterocycles. The van der Waals surface area contributed by atoms with Crippen LogP contribution in [0.1, 0.15) is 21.5 Å². The number of Topliss-reactive ketones (excluding diaryl/α,β-unsaturated/α-hetero) is 1. The molecule has 0 aromatic heterocycles. The normalized spacial score (nSPS) is 13.5. The molecule has 0 saturated carbocycles.